The molecule has 168 valence electrons. The number of halogens is 1. The van der Waals surface area contributed by atoms with Crippen molar-refractivity contribution in [1.82, 2.24) is 0 Å². The highest BCUT2D eigenvalue weighted by atomic mass is 35.5. The number of hydrogen-bond donors (Lipinski definition) is 1. The third-order valence-electron chi connectivity index (χ3n) is 5.25. The average molecular weight is 469 g/mol. The zero-order valence-corrected chi connectivity index (χ0v) is 18.8. The van der Waals surface area contributed by atoms with Gasteiger partial charge in [0.2, 0.25) is 0 Å². The van der Waals surface area contributed by atoms with E-state index in [9.17, 15) is 13.5 Å². The number of aliphatic hydroxyl groups is 1. The SMILES string of the molecule is CC1(C)O[C@H]2O[C@H]([C@H](O)CS(=O)(=O)c3ccc(Cl)cc3)[C@@H](OCc3ccccc3)[C@H]2O1. The molecule has 7 nitrogen and oxygen atoms in total. The first-order valence-corrected chi connectivity index (χ1v) is 12.0. The summed E-state index contributed by atoms with van der Waals surface area (Å²) in [6, 6.07) is 15.3. The van der Waals surface area contributed by atoms with Crippen LogP contribution in [0.4, 0.5) is 0 Å². The van der Waals surface area contributed by atoms with Crippen LogP contribution < -0.4 is 0 Å². The van der Waals surface area contributed by atoms with Crippen LogP contribution in [-0.2, 0) is 35.4 Å². The lowest BCUT2D eigenvalue weighted by molar-refractivity contribution is -0.229. The highest BCUT2D eigenvalue weighted by molar-refractivity contribution is 7.91. The van der Waals surface area contributed by atoms with Crippen molar-refractivity contribution in [3.63, 3.8) is 0 Å². The van der Waals surface area contributed by atoms with Gasteiger partial charge in [-0.15, -0.1) is 0 Å². The van der Waals surface area contributed by atoms with E-state index in [0.29, 0.717) is 5.02 Å². The molecule has 0 saturated carbocycles. The molecule has 1 N–H and O–H groups in total. The fraction of sp³-hybridized carbons (Fsp3) is 0.455. The zero-order valence-electron chi connectivity index (χ0n) is 17.2. The van der Waals surface area contributed by atoms with E-state index in [0.717, 1.165) is 5.56 Å². The minimum atomic E-state index is -3.78. The van der Waals surface area contributed by atoms with E-state index in [1.54, 1.807) is 13.8 Å². The fourth-order valence-electron chi connectivity index (χ4n) is 3.83. The van der Waals surface area contributed by atoms with Gasteiger partial charge in [-0.2, -0.15) is 0 Å². The summed E-state index contributed by atoms with van der Waals surface area (Å²) in [5, 5.41) is 11.3. The summed E-state index contributed by atoms with van der Waals surface area (Å²) in [4.78, 5) is 0.0736. The summed E-state index contributed by atoms with van der Waals surface area (Å²) in [6.45, 7) is 3.79. The molecule has 4 rings (SSSR count). The third-order valence-corrected chi connectivity index (χ3v) is 7.28. The largest absolute Gasteiger partial charge is 0.389 e. The summed E-state index contributed by atoms with van der Waals surface area (Å²) in [6.07, 6.45) is -4.33. The van der Waals surface area contributed by atoms with Crippen LogP contribution in [0.1, 0.15) is 19.4 Å². The van der Waals surface area contributed by atoms with E-state index < -0.39 is 52.1 Å². The van der Waals surface area contributed by atoms with Gasteiger partial charge in [0.1, 0.15) is 18.3 Å². The van der Waals surface area contributed by atoms with Crippen molar-refractivity contribution in [2.45, 2.75) is 61.8 Å². The fourth-order valence-corrected chi connectivity index (χ4v) is 5.34. The maximum Gasteiger partial charge on any atom is 0.190 e. The summed E-state index contributed by atoms with van der Waals surface area (Å²) >= 11 is 5.84. The Morgan fingerprint density at radius 2 is 1.77 bits per heavy atom. The maximum atomic E-state index is 12.8. The van der Waals surface area contributed by atoms with Gasteiger partial charge in [-0.1, -0.05) is 41.9 Å². The van der Waals surface area contributed by atoms with Gasteiger partial charge in [-0.3, -0.25) is 0 Å². The van der Waals surface area contributed by atoms with Crippen molar-refractivity contribution in [2.24, 2.45) is 0 Å². The van der Waals surface area contributed by atoms with Gasteiger partial charge >= 0.3 is 0 Å². The first kappa shape index (κ1) is 22.7. The lowest BCUT2D eigenvalue weighted by Crippen LogP contribution is -2.45. The molecule has 2 saturated heterocycles. The summed E-state index contributed by atoms with van der Waals surface area (Å²) in [5.74, 6) is -1.40. The molecule has 2 heterocycles. The van der Waals surface area contributed by atoms with Crippen molar-refractivity contribution >= 4 is 21.4 Å². The van der Waals surface area contributed by atoms with Gasteiger partial charge in [0.05, 0.1) is 23.4 Å². The van der Waals surface area contributed by atoms with Crippen molar-refractivity contribution < 1.29 is 32.5 Å². The molecule has 2 aromatic carbocycles. The Hall–Kier alpha value is -1.52. The number of hydrogen-bond acceptors (Lipinski definition) is 7. The van der Waals surface area contributed by atoms with Gasteiger partial charge in [0, 0.05) is 5.02 Å². The summed E-state index contributed by atoms with van der Waals surface area (Å²) in [7, 11) is -3.78. The molecule has 0 aliphatic carbocycles. The molecule has 0 bridgehead atoms. The van der Waals surface area contributed by atoms with Crippen molar-refractivity contribution in [3.8, 4) is 0 Å². The molecule has 2 aromatic rings. The summed E-state index contributed by atoms with van der Waals surface area (Å²) < 4.78 is 49.2. The minimum absolute atomic E-state index is 0.0736. The number of aliphatic hydroxyl groups excluding tert-OH is 1. The molecule has 2 fully saturated rings. The van der Waals surface area contributed by atoms with Crippen LogP contribution in [0.3, 0.4) is 0 Å². The average Bonchev–Trinajstić information content (AvgIpc) is 3.19. The minimum Gasteiger partial charge on any atom is -0.389 e. The van der Waals surface area contributed by atoms with Crippen molar-refractivity contribution in [3.05, 3.63) is 65.2 Å². The topological polar surface area (TPSA) is 91.3 Å². The quantitative estimate of drug-likeness (QED) is 0.668. The van der Waals surface area contributed by atoms with Crippen LogP contribution in [0.25, 0.3) is 0 Å². The standard InChI is InChI=1S/C22H25ClO7S/c1-22(2)29-20-19(27-12-14-6-4-3-5-7-14)18(28-21(20)30-22)17(24)13-31(25,26)16-10-8-15(23)9-11-16/h3-11,17-21,24H,12-13H2,1-2H3/t17-,18-,19-,20-,21-/m1/s1. The molecule has 2 aliphatic rings. The second-order valence-electron chi connectivity index (χ2n) is 8.13. The number of sulfone groups is 1. The highest BCUT2D eigenvalue weighted by Gasteiger charge is 2.57. The second-order valence-corrected chi connectivity index (χ2v) is 10.6. The van der Waals surface area contributed by atoms with Gasteiger partial charge in [0.25, 0.3) is 0 Å². The Labute approximate surface area is 186 Å². The van der Waals surface area contributed by atoms with E-state index >= 15 is 0 Å². The van der Waals surface area contributed by atoms with Crippen LogP contribution in [0.5, 0.6) is 0 Å². The zero-order chi connectivity index (χ0) is 22.2. The molecule has 0 spiro atoms. The van der Waals surface area contributed by atoms with Crippen molar-refractivity contribution in [2.75, 3.05) is 5.75 Å². The molecule has 0 radical (unpaired) electrons. The normalized spacial score (nSPS) is 28.4. The van der Waals surface area contributed by atoms with Gasteiger partial charge < -0.3 is 24.1 Å². The second kappa shape index (κ2) is 8.78. The Morgan fingerprint density at radius 3 is 2.45 bits per heavy atom. The first-order valence-electron chi connectivity index (χ1n) is 9.98. The van der Waals surface area contributed by atoms with Gasteiger partial charge in [-0.25, -0.2) is 8.42 Å². The molecule has 31 heavy (non-hydrogen) atoms. The highest BCUT2D eigenvalue weighted by Crippen LogP contribution is 2.40. The van der Waals surface area contributed by atoms with E-state index in [1.165, 1.54) is 24.3 Å². The molecule has 9 heteroatoms. The Kier molecular flexibility index (Phi) is 6.42. The van der Waals surface area contributed by atoms with Crippen LogP contribution in [0.15, 0.2) is 59.5 Å². The van der Waals surface area contributed by atoms with Gasteiger partial charge in [0.15, 0.2) is 21.9 Å². The van der Waals surface area contributed by atoms with E-state index in [2.05, 4.69) is 0 Å². The monoisotopic (exact) mass is 468 g/mol. The molecule has 0 aromatic heterocycles. The lowest BCUT2D eigenvalue weighted by atomic mass is 10.1. The molecule has 2 aliphatic heterocycles. The van der Waals surface area contributed by atoms with Crippen LogP contribution in [0, 0.1) is 0 Å². The number of rotatable bonds is 7. The van der Waals surface area contributed by atoms with Crippen LogP contribution in [-0.4, -0.2) is 55.8 Å². The van der Waals surface area contributed by atoms with E-state index in [1.807, 2.05) is 30.3 Å². The van der Waals surface area contributed by atoms with Crippen LogP contribution >= 0.6 is 11.6 Å². The van der Waals surface area contributed by atoms with Crippen molar-refractivity contribution in [1.29, 1.82) is 0 Å². The van der Waals surface area contributed by atoms with Crippen LogP contribution in [0.2, 0.25) is 5.02 Å². The molecule has 0 unspecified atom stereocenters. The molecular formula is C22H25ClO7S. The lowest BCUT2D eigenvalue weighted by Gasteiger charge is -2.28. The molecular weight excluding hydrogens is 444 g/mol. The first-order chi connectivity index (χ1) is 14.6. The Balaban J connectivity index is 1.51. The Morgan fingerprint density at radius 1 is 1.10 bits per heavy atom. The summed E-state index contributed by atoms with van der Waals surface area (Å²) in [5.41, 5.74) is 0.936. The Bertz CT molecular complexity index is 994. The molecule has 5 atom stereocenters. The number of benzene rings is 2. The number of ether oxygens (including phenoxy) is 4. The third kappa shape index (κ3) is 5.12. The predicted octanol–water partition coefficient (Wildman–Crippen LogP) is 2.94. The van der Waals surface area contributed by atoms with E-state index in [-0.39, 0.29) is 11.5 Å². The van der Waals surface area contributed by atoms with E-state index in [4.69, 9.17) is 30.5 Å². The van der Waals surface area contributed by atoms with Gasteiger partial charge in [-0.05, 0) is 43.7 Å². The maximum absolute atomic E-state index is 12.8. The predicted molar refractivity (Wildman–Crippen MR) is 113 cm³/mol. The molecule has 0 amide bonds. The number of fused-ring (bicyclic) bond motifs is 1. The smallest absolute Gasteiger partial charge is 0.190 e.